The van der Waals surface area contributed by atoms with Crippen LogP contribution < -0.4 is 27.4 Å². The van der Waals surface area contributed by atoms with E-state index in [1.165, 1.54) is 32.1 Å². The molecule has 3 aromatic rings. The van der Waals surface area contributed by atoms with Gasteiger partial charge in [0.05, 0.1) is 0 Å². The van der Waals surface area contributed by atoms with Gasteiger partial charge in [-0.05, 0) is 166 Å². The SMILES string of the molecule is CC(C)(C)OC(=O)OC(=O)OC(C)(C)C.CCCCCC[C@@H](C)NC(=O)OCc1ccccc1.CCCCN.CCCCN(C[C@@H](C)N)C(=O)OC(C)(C)C.CCCCN(C[C@@H](C)NC(=O)OCc1ccccc1)C(=O)OC(C)(C)C.CC[C@@H](C)NC(=O)OCc1ccccc1.[CH3-].[Pd]. The van der Waals surface area contributed by atoms with Crippen LogP contribution in [-0.2, 0) is 78.1 Å². The summed E-state index contributed by atoms with van der Waals surface area (Å²) in [5.74, 6) is 0. The van der Waals surface area contributed by atoms with Crippen molar-refractivity contribution in [2.75, 3.05) is 32.7 Å². The van der Waals surface area contributed by atoms with E-state index < -0.39 is 40.8 Å². The average molecular weight is 1480 g/mol. The van der Waals surface area contributed by atoms with E-state index in [2.05, 4.69) is 48.4 Å². The van der Waals surface area contributed by atoms with E-state index in [0.717, 1.165) is 68.2 Å². The number of nitrogens with two attached hydrogens (primary N) is 2. The molecule has 3 aromatic carbocycles. The number of rotatable bonds is 27. The van der Waals surface area contributed by atoms with Crippen molar-refractivity contribution in [1.29, 1.82) is 0 Å². The second-order valence-corrected chi connectivity index (χ2v) is 27.3. The van der Waals surface area contributed by atoms with E-state index in [1.807, 2.05) is 167 Å². The van der Waals surface area contributed by atoms with E-state index in [0.29, 0.717) is 39.4 Å². The van der Waals surface area contributed by atoms with Gasteiger partial charge >= 0.3 is 42.8 Å². The molecule has 5 amide bonds. The van der Waals surface area contributed by atoms with Gasteiger partial charge in [-0.15, -0.1) is 0 Å². The van der Waals surface area contributed by atoms with Gasteiger partial charge in [-0.3, -0.25) is 0 Å². The van der Waals surface area contributed by atoms with Crippen molar-refractivity contribution in [2.45, 2.75) is 289 Å². The average Bonchev–Trinajstić information content (AvgIpc) is 0.930. The van der Waals surface area contributed by atoms with Gasteiger partial charge in [0.2, 0.25) is 0 Å². The zero-order valence-corrected chi connectivity index (χ0v) is 65.7. The molecule has 22 nitrogen and oxygen atoms in total. The monoisotopic (exact) mass is 1480 g/mol. The third-order valence-electron chi connectivity index (χ3n) is 12.2. The number of carbonyl (C=O) groups is 7. The molecule has 0 saturated carbocycles. The minimum absolute atomic E-state index is 0. The first-order valence-corrected chi connectivity index (χ1v) is 34.3. The van der Waals surface area contributed by atoms with E-state index in [-0.39, 0.29) is 83.0 Å². The minimum Gasteiger partial charge on any atom is -0.445 e. The molecule has 23 heteroatoms. The standard InChI is InChI=1S/C20H32N2O4.C16H25NO2.C12H26N2O2.C12H17NO2.C10H18O5.C4H11N.CH3.Pd/c1-6-7-13-22(19(24)26-20(3,4)5)14-16(2)21-18(23)25-15-17-11-9-8-10-12-17;1-3-4-5-7-10-14(2)17-16(18)19-13-15-11-8-6-9-12-15;1-6-7-8-14(9-10(2)13)11(15)16-12(3,4)5;1-3-10(2)13-12(14)15-9-11-7-5-4-6-8-11;1-9(2,3)14-7(11)13-8(12)15-10(4,5)6;1-2-3-4-5;;/h8-12,16H,6-7,13-15H2,1-5H3,(H,21,23);6,8-9,11-12,14H,3-5,7,10,13H2,1-2H3,(H,17,18);10H,6-9,13H2,1-5H3;4-8,10H,3,9H2,1-2H3,(H,13,14);1-6H3;2-5H2,1H3;1H3;/q;;;;;;-1;/t16-;14-;2*10-;;;;/m1111..../s1. The minimum atomic E-state index is -1.06. The van der Waals surface area contributed by atoms with Crippen LogP contribution in [0, 0.1) is 7.43 Å². The Morgan fingerprint density at radius 2 is 0.745 bits per heavy atom. The summed E-state index contributed by atoms with van der Waals surface area (Å²) in [5.41, 5.74) is 11.4. The molecule has 0 aromatic heterocycles. The molecule has 7 N–H and O–H groups in total. The Morgan fingerprint density at radius 1 is 0.429 bits per heavy atom. The van der Waals surface area contributed by atoms with Crippen LogP contribution in [0.5, 0.6) is 0 Å². The second-order valence-electron chi connectivity index (χ2n) is 27.3. The van der Waals surface area contributed by atoms with Gasteiger partial charge in [0, 0.05) is 70.8 Å². The number of amides is 5. The van der Waals surface area contributed by atoms with Crippen LogP contribution in [0.25, 0.3) is 0 Å². The molecular weight excluding hydrogens is 1350 g/mol. The Bertz CT molecular complexity index is 2460. The van der Waals surface area contributed by atoms with Gasteiger partial charge in [-0.2, -0.15) is 0 Å². The molecule has 0 aliphatic heterocycles. The first-order chi connectivity index (χ1) is 44.8. The molecule has 4 atom stereocenters. The van der Waals surface area contributed by atoms with Crippen LogP contribution in [0.3, 0.4) is 0 Å². The quantitative estimate of drug-likeness (QED) is 0.0118. The van der Waals surface area contributed by atoms with Gasteiger partial charge < -0.3 is 82.5 Å². The van der Waals surface area contributed by atoms with Crippen molar-refractivity contribution in [3.63, 3.8) is 0 Å². The molecule has 568 valence electrons. The zero-order chi connectivity index (χ0) is 73.8. The van der Waals surface area contributed by atoms with Gasteiger partial charge in [0.15, 0.2) is 0 Å². The smallest absolute Gasteiger partial charge is 0.445 e. The molecule has 0 aliphatic rings. The Labute approximate surface area is 605 Å². The Morgan fingerprint density at radius 3 is 1.03 bits per heavy atom. The van der Waals surface area contributed by atoms with Crippen molar-refractivity contribution in [3.05, 3.63) is 115 Å². The Hall–Kier alpha value is -6.67. The maximum atomic E-state index is 12.4. The number of hydrogen-bond donors (Lipinski definition) is 5. The van der Waals surface area contributed by atoms with Crippen LogP contribution in [0.2, 0.25) is 0 Å². The van der Waals surface area contributed by atoms with Crippen molar-refractivity contribution in [1.82, 2.24) is 25.8 Å². The molecule has 0 aliphatic carbocycles. The number of carbonyl (C=O) groups excluding carboxylic acids is 7. The van der Waals surface area contributed by atoms with Crippen LogP contribution in [-0.4, -0.2) is 132 Å². The van der Waals surface area contributed by atoms with Crippen molar-refractivity contribution < 1.29 is 91.9 Å². The van der Waals surface area contributed by atoms with Crippen molar-refractivity contribution >= 4 is 42.8 Å². The predicted octanol–water partition coefficient (Wildman–Crippen LogP) is 17.8. The number of alkyl carbamates (subject to hydrolysis) is 3. The van der Waals surface area contributed by atoms with E-state index in [1.54, 1.807) is 51.3 Å². The first kappa shape index (κ1) is 100.0. The van der Waals surface area contributed by atoms with Gasteiger partial charge in [-0.1, -0.05) is 171 Å². The third-order valence-corrected chi connectivity index (χ3v) is 12.2. The molecular formula is C75H132N7O15Pd-. The summed E-state index contributed by atoms with van der Waals surface area (Å²) in [6.07, 6.45) is 9.17. The summed E-state index contributed by atoms with van der Waals surface area (Å²) in [6, 6.07) is 28.9. The number of nitrogens with one attached hydrogen (secondary N) is 3. The normalized spacial score (nSPS) is 11.8. The molecule has 0 spiro atoms. The summed E-state index contributed by atoms with van der Waals surface area (Å²) >= 11 is 0. The number of unbranched alkanes of at least 4 members (excludes halogenated alkanes) is 6. The van der Waals surface area contributed by atoms with Crippen molar-refractivity contribution in [3.8, 4) is 0 Å². The van der Waals surface area contributed by atoms with E-state index in [9.17, 15) is 33.6 Å². The molecule has 0 unspecified atom stereocenters. The molecule has 0 saturated heterocycles. The summed E-state index contributed by atoms with van der Waals surface area (Å²) in [5, 5.41) is 8.37. The van der Waals surface area contributed by atoms with E-state index >= 15 is 0 Å². The van der Waals surface area contributed by atoms with E-state index in [4.69, 9.17) is 44.6 Å². The molecule has 98 heavy (non-hydrogen) atoms. The Kier molecular flexibility index (Phi) is 59.3. The van der Waals surface area contributed by atoms with Crippen LogP contribution >= 0.6 is 0 Å². The van der Waals surface area contributed by atoms with Gasteiger partial charge in [0.1, 0.15) is 42.2 Å². The predicted molar refractivity (Wildman–Crippen MR) is 390 cm³/mol. The number of hydrogen-bond acceptors (Lipinski definition) is 17. The zero-order valence-electron chi connectivity index (χ0n) is 64.1. The van der Waals surface area contributed by atoms with Crippen molar-refractivity contribution in [2.24, 2.45) is 11.5 Å². The maximum absolute atomic E-state index is 12.4. The molecule has 0 fully saturated rings. The number of nitrogens with zero attached hydrogens (tertiary/aromatic N) is 2. The summed E-state index contributed by atoms with van der Waals surface area (Å²) in [4.78, 5) is 84.3. The van der Waals surface area contributed by atoms with Crippen LogP contribution in [0.1, 0.15) is 239 Å². The molecule has 3 rings (SSSR count). The topological polar surface area (TPSA) is 288 Å². The second kappa shape index (κ2) is 58.2. The maximum Gasteiger partial charge on any atom is 0.519 e. The summed E-state index contributed by atoms with van der Waals surface area (Å²) in [6.45, 7) is 43.3. The number of benzene rings is 3. The third kappa shape index (κ3) is 66.6. The largest absolute Gasteiger partial charge is 0.519 e. The number of ether oxygens (including phenoxy) is 8. The van der Waals surface area contributed by atoms with Gasteiger partial charge in [-0.25, -0.2) is 33.6 Å². The molecule has 0 heterocycles. The van der Waals surface area contributed by atoms with Gasteiger partial charge in [0.25, 0.3) is 0 Å². The molecule has 0 radical (unpaired) electrons. The van der Waals surface area contributed by atoms with Crippen LogP contribution in [0.4, 0.5) is 33.6 Å². The Balaban J connectivity index is -0.000000365. The fourth-order valence-corrected chi connectivity index (χ4v) is 7.35. The summed E-state index contributed by atoms with van der Waals surface area (Å²) in [7, 11) is 0. The fourth-order valence-electron chi connectivity index (χ4n) is 7.35. The first-order valence-electron chi connectivity index (χ1n) is 34.3. The summed E-state index contributed by atoms with van der Waals surface area (Å²) < 4.78 is 40.0. The molecule has 0 bridgehead atoms. The fraction of sp³-hybridized carbons (Fsp3) is 0.653. The van der Waals surface area contributed by atoms with Crippen LogP contribution in [0.15, 0.2) is 91.0 Å².